The molecule has 1 aliphatic rings. The summed E-state index contributed by atoms with van der Waals surface area (Å²) in [4.78, 5) is 44.3. The van der Waals surface area contributed by atoms with E-state index in [1.54, 1.807) is 55.7 Å². The zero-order valence-corrected chi connectivity index (χ0v) is 22.2. The predicted octanol–water partition coefficient (Wildman–Crippen LogP) is 4.92. The fourth-order valence-electron chi connectivity index (χ4n) is 4.47. The van der Waals surface area contributed by atoms with Crippen molar-refractivity contribution < 1.29 is 28.2 Å². The molecule has 204 valence electrons. The molecule has 3 amide bonds. The van der Waals surface area contributed by atoms with Crippen molar-refractivity contribution in [3.63, 3.8) is 0 Å². The monoisotopic (exact) mass is 542 g/mol. The van der Waals surface area contributed by atoms with E-state index in [4.69, 9.17) is 9.47 Å². The molecule has 5 rings (SSSR count). The summed E-state index contributed by atoms with van der Waals surface area (Å²) in [7, 11) is 4.60. The topological polar surface area (TPSA) is 110 Å². The predicted molar refractivity (Wildman–Crippen MR) is 148 cm³/mol. The number of carbonyl (C=O) groups is 3. The lowest BCUT2D eigenvalue weighted by atomic mass is 10.0. The maximum Gasteiger partial charge on any atom is 0.254 e. The number of nitrogens with one attached hydrogen (secondary N) is 2. The zero-order chi connectivity index (χ0) is 28.4. The second kappa shape index (κ2) is 10.6. The minimum atomic E-state index is -1.15. The number of methoxy groups -OCH3 is 1. The Hall–Kier alpha value is -4.99. The highest BCUT2D eigenvalue weighted by Crippen LogP contribution is 2.48. The van der Waals surface area contributed by atoms with Crippen molar-refractivity contribution in [3.8, 4) is 17.2 Å². The van der Waals surface area contributed by atoms with Crippen LogP contribution in [0.25, 0.3) is 10.9 Å². The first-order valence-corrected chi connectivity index (χ1v) is 12.6. The van der Waals surface area contributed by atoms with Gasteiger partial charge in [0.1, 0.15) is 28.5 Å². The van der Waals surface area contributed by atoms with Crippen LogP contribution in [0.2, 0.25) is 0 Å². The Balaban J connectivity index is 1.30. The number of hydrogen-bond acceptors (Lipinski definition) is 6. The average Bonchev–Trinajstić information content (AvgIpc) is 3.79. The van der Waals surface area contributed by atoms with E-state index in [0.29, 0.717) is 57.9 Å². The molecule has 1 aliphatic carbocycles. The number of carbonyl (C=O) groups excluding carboxylic acids is 3. The van der Waals surface area contributed by atoms with Crippen LogP contribution in [0, 0.1) is 11.2 Å². The fourth-order valence-corrected chi connectivity index (χ4v) is 4.47. The molecule has 0 spiro atoms. The molecular formula is C30H27FN4O5. The summed E-state index contributed by atoms with van der Waals surface area (Å²) in [6.45, 7) is 0. The van der Waals surface area contributed by atoms with Crippen LogP contribution in [-0.4, -0.2) is 43.9 Å². The molecule has 3 aromatic carbocycles. The van der Waals surface area contributed by atoms with Crippen molar-refractivity contribution in [1.82, 2.24) is 10.3 Å². The summed E-state index contributed by atoms with van der Waals surface area (Å²) in [6.07, 6.45) is 2.46. The average molecular weight is 543 g/mol. The highest BCUT2D eigenvalue weighted by molar-refractivity contribution is 6.17. The third-order valence-electron chi connectivity index (χ3n) is 6.95. The highest BCUT2D eigenvalue weighted by Gasteiger charge is 2.57. The molecule has 0 bridgehead atoms. The number of nitrogens with zero attached hydrogens (tertiary/aromatic N) is 2. The molecule has 0 radical (unpaired) electrons. The maximum absolute atomic E-state index is 13.3. The van der Waals surface area contributed by atoms with E-state index in [2.05, 4.69) is 15.6 Å². The van der Waals surface area contributed by atoms with Gasteiger partial charge in [0, 0.05) is 43.1 Å². The molecule has 1 fully saturated rings. The smallest absolute Gasteiger partial charge is 0.254 e. The van der Waals surface area contributed by atoms with Gasteiger partial charge in [-0.25, -0.2) is 4.39 Å². The SMILES string of the molecule is CNC(=O)c1cc2c(Oc3ccc(NC(=O)C4(C(=O)N(C)c5ccc(F)cc5)CC4)cc3)ccnc2cc1OC. The van der Waals surface area contributed by atoms with Gasteiger partial charge < -0.3 is 25.0 Å². The van der Waals surface area contributed by atoms with Gasteiger partial charge in [-0.1, -0.05) is 0 Å². The number of ether oxygens (including phenoxy) is 2. The van der Waals surface area contributed by atoms with Crippen LogP contribution in [0.15, 0.2) is 72.9 Å². The van der Waals surface area contributed by atoms with Gasteiger partial charge in [-0.2, -0.15) is 0 Å². The summed E-state index contributed by atoms with van der Waals surface area (Å²) < 4.78 is 24.7. The number of rotatable bonds is 8. The Kier molecular flexibility index (Phi) is 7.08. The molecular weight excluding hydrogens is 515 g/mol. The van der Waals surface area contributed by atoms with Crippen LogP contribution < -0.4 is 25.0 Å². The van der Waals surface area contributed by atoms with E-state index >= 15 is 0 Å². The van der Waals surface area contributed by atoms with Gasteiger partial charge in [0.05, 0.1) is 18.2 Å². The van der Waals surface area contributed by atoms with Crippen molar-refractivity contribution >= 4 is 40.0 Å². The Bertz CT molecular complexity index is 1600. The molecule has 2 N–H and O–H groups in total. The molecule has 0 saturated heterocycles. The maximum atomic E-state index is 13.3. The molecule has 4 aromatic rings. The first-order valence-electron chi connectivity index (χ1n) is 12.6. The molecule has 9 nitrogen and oxygen atoms in total. The van der Waals surface area contributed by atoms with Crippen LogP contribution in [-0.2, 0) is 9.59 Å². The summed E-state index contributed by atoms with van der Waals surface area (Å²) in [6, 6.07) is 17.3. The number of anilines is 2. The van der Waals surface area contributed by atoms with Gasteiger partial charge in [0.2, 0.25) is 11.8 Å². The highest BCUT2D eigenvalue weighted by atomic mass is 19.1. The van der Waals surface area contributed by atoms with Crippen LogP contribution >= 0.6 is 0 Å². The molecule has 0 atom stereocenters. The van der Waals surface area contributed by atoms with Gasteiger partial charge >= 0.3 is 0 Å². The summed E-state index contributed by atoms with van der Waals surface area (Å²) in [5, 5.41) is 6.05. The lowest BCUT2D eigenvalue weighted by Gasteiger charge is -2.23. The van der Waals surface area contributed by atoms with Gasteiger partial charge in [0.25, 0.3) is 5.91 Å². The number of halogens is 1. The minimum Gasteiger partial charge on any atom is -0.496 e. The van der Waals surface area contributed by atoms with Gasteiger partial charge in [-0.15, -0.1) is 0 Å². The van der Waals surface area contributed by atoms with Crippen molar-refractivity contribution in [1.29, 1.82) is 0 Å². The number of benzene rings is 3. The second-order valence-electron chi connectivity index (χ2n) is 9.46. The number of hydrogen-bond donors (Lipinski definition) is 2. The normalized spacial score (nSPS) is 13.3. The van der Waals surface area contributed by atoms with Crippen molar-refractivity contribution in [2.24, 2.45) is 5.41 Å². The number of pyridine rings is 1. The second-order valence-corrected chi connectivity index (χ2v) is 9.46. The quantitative estimate of drug-likeness (QED) is 0.306. The fraction of sp³-hybridized carbons (Fsp3) is 0.200. The Morgan fingerprint density at radius 1 is 0.975 bits per heavy atom. The zero-order valence-electron chi connectivity index (χ0n) is 22.2. The molecule has 1 saturated carbocycles. The summed E-state index contributed by atoms with van der Waals surface area (Å²) in [5.41, 5.74) is 0.805. The Morgan fingerprint density at radius 2 is 1.68 bits per heavy atom. The molecule has 1 aromatic heterocycles. The number of amides is 3. The third-order valence-corrected chi connectivity index (χ3v) is 6.95. The van der Waals surface area contributed by atoms with Gasteiger partial charge in [-0.05, 0) is 73.5 Å². The molecule has 0 unspecified atom stereocenters. The Morgan fingerprint density at radius 3 is 2.30 bits per heavy atom. The number of aromatic nitrogens is 1. The lowest BCUT2D eigenvalue weighted by Crippen LogP contribution is -2.41. The van der Waals surface area contributed by atoms with E-state index in [-0.39, 0.29) is 11.8 Å². The standard InChI is InChI=1S/C30H27FN4O5/c1-32-27(36)23-16-22-24(17-26(23)39-3)33-15-12-25(22)40-21-10-6-19(7-11-21)34-28(37)30(13-14-30)29(38)35(2)20-8-4-18(31)5-9-20/h4-12,15-17H,13-14H2,1-3H3,(H,32,36)(H,34,37). The van der Waals surface area contributed by atoms with E-state index < -0.39 is 17.1 Å². The van der Waals surface area contributed by atoms with Crippen LogP contribution in [0.5, 0.6) is 17.2 Å². The molecule has 10 heteroatoms. The summed E-state index contributed by atoms with van der Waals surface area (Å²) >= 11 is 0. The lowest BCUT2D eigenvalue weighted by molar-refractivity contribution is -0.132. The van der Waals surface area contributed by atoms with E-state index in [9.17, 15) is 18.8 Å². The molecule has 40 heavy (non-hydrogen) atoms. The van der Waals surface area contributed by atoms with Crippen LogP contribution in [0.1, 0.15) is 23.2 Å². The van der Waals surface area contributed by atoms with E-state index in [1.807, 2.05) is 0 Å². The van der Waals surface area contributed by atoms with Crippen LogP contribution in [0.4, 0.5) is 15.8 Å². The molecule has 1 heterocycles. The van der Waals surface area contributed by atoms with Crippen LogP contribution in [0.3, 0.4) is 0 Å². The summed E-state index contributed by atoms with van der Waals surface area (Å²) in [5.74, 6) is -0.0551. The molecule has 0 aliphatic heterocycles. The minimum absolute atomic E-state index is 0.301. The Labute approximate surface area is 229 Å². The largest absolute Gasteiger partial charge is 0.496 e. The van der Waals surface area contributed by atoms with Crippen molar-refractivity contribution in [2.75, 3.05) is 31.4 Å². The van der Waals surface area contributed by atoms with E-state index in [0.717, 1.165) is 0 Å². The third kappa shape index (κ3) is 5.03. The number of fused-ring (bicyclic) bond motifs is 1. The first-order chi connectivity index (χ1) is 19.3. The van der Waals surface area contributed by atoms with Gasteiger partial charge in [-0.3, -0.25) is 19.4 Å². The van der Waals surface area contributed by atoms with Crippen molar-refractivity contribution in [2.45, 2.75) is 12.8 Å². The van der Waals surface area contributed by atoms with Gasteiger partial charge in [0.15, 0.2) is 0 Å². The van der Waals surface area contributed by atoms with Crippen molar-refractivity contribution in [3.05, 3.63) is 84.3 Å². The first kappa shape index (κ1) is 26.6. The van der Waals surface area contributed by atoms with E-state index in [1.165, 1.54) is 43.3 Å².